The van der Waals surface area contributed by atoms with Crippen LogP contribution in [0.2, 0.25) is 0 Å². The smallest absolute Gasteiger partial charge is 0.303 e. The number of alkyl halides is 2. The molecule has 0 aromatic heterocycles. The molecule has 1 saturated carbocycles. The van der Waals surface area contributed by atoms with Crippen molar-refractivity contribution in [1.29, 1.82) is 0 Å². The maximum Gasteiger partial charge on any atom is 0.303 e. The van der Waals surface area contributed by atoms with Gasteiger partial charge in [-0.25, -0.2) is 0 Å². The summed E-state index contributed by atoms with van der Waals surface area (Å²) in [5, 5.41) is 0.362. The highest BCUT2D eigenvalue weighted by Crippen LogP contribution is 2.75. The second kappa shape index (κ2) is 5.01. The topological polar surface area (TPSA) is 44.8 Å². The van der Waals surface area contributed by atoms with Gasteiger partial charge in [0.05, 0.1) is 10.1 Å². The third-order valence-corrected chi connectivity index (χ3v) is 7.48. The number of rotatable bonds is 3. The first-order chi connectivity index (χ1) is 10.2. The summed E-state index contributed by atoms with van der Waals surface area (Å²) in [5.74, 6) is -2.67. The monoisotopic (exact) mass is 386 g/mol. The number of carbonyl (C=O) groups excluding carboxylic acids is 1. The second-order valence-electron chi connectivity index (χ2n) is 5.59. The van der Waals surface area contributed by atoms with Crippen molar-refractivity contribution in [2.45, 2.75) is 28.6 Å². The zero-order chi connectivity index (χ0) is 16.5. The second-order valence-corrected chi connectivity index (χ2v) is 7.54. The van der Waals surface area contributed by atoms with Crippen LogP contribution in [0.25, 0.3) is 0 Å². The minimum atomic E-state index is -1.46. The SMILES string of the molecule is COC1(OC)[C@@]2(Cl)C(Cl)=C(Cl)[C@]1(Cl)[C@@H]1C=C[C@@H](OC(C)=O)[C@@H]12. The molecule has 0 saturated heterocycles. The number of esters is 1. The zero-order valence-electron chi connectivity index (χ0n) is 12.0. The molecule has 0 aromatic carbocycles. The normalized spacial score (nSPS) is 44.6. The van der Waals surface area contributed by atoms with Crippen molar-refractivity contribution in [3.63, 3.8) is 0 Å². The average Bonchev–Trinajstić information content (AvgIpc) is 2.99. The van der Waals surface area contributed by atoms with E-state index in [9.17, 15) is 4.79 Å². The highest BCUT2D eigenvalue weighted by Gasteiger charge is 2.86. The fourth-order valence-corrected chi connectivity index (χ4v) is 6.32. The van der Waals surface area contributed by atoms with Crippen LogP contribution in [0.4, 0.5) is 0 Å². The van der Waals surface area contributed by atoms with Crippen molar-refractivity contribution < 1.29 is 19.0 Å². The van der Waals surface area contributed by atoms with Crippen LogP contribution in [0.5, 0.6) is 0 Å². The van der Waals surface area contributed by atoms with E-state index in [1.54, 1.807) is 6.08 Å². The Morgan fingerprint density at radius 1 is 1.09 bits per heavy atom. The van der Waals surface area contributed by atoms with Crippen molar-refractivity contribution in [1.82, 2.24) is 0 Å². The van der Waals surface area contributed by atoms with E-state index < -0.39 is 33.5 Å². The molecular weight excluding hydrogens is 374 g/mol. The number of carbonyl (C=O) groups is 1. The van der Waals surface area contributed by atoms with Gasteiger partial charge in [0, 0.05) is 33.0 Å². The molecule has 0 aliphatic heterocycles. The Balaban J connectivity index is 2.20. The van der Waals surface area contributed by atoms with E-state index in [0.717, 1.165) is 0 Å². The first-order valence-corrected chi connectivity index (χ1v) is 8.13. The van der Waals surface area contributed by atoms with Gasteiger partial charge >= 0.3 is 5.97 Å². The van der Waals surface area contributed by atoms with Crippen LogP contribution < -0.4 is 0 Å². The van der Waals surface area contributed by atoms with E-state index in [2.05, 4.69) is 0 Å². The molecule has 1 fully saturated rings. The fourth-order valence-electron chi connectivity index (χ4n) is 4.11. The Hall–Kier alpha value is 0.0300. The summed E-state index contributed by atoms with van der Waals surface area (Å²) in [6.07, 6.45) is 3.00. The van der Waals surface area contributed by atoms with Crippen LogP contribution in [0.1, 0.15) is 6.92 Å². The molecule has 0 radical (unpaired) electrons. The maximum atomic E-state index is 11.4. The Bertz CT molecular complexity index is 600. The van der Waals surface area contributed by atoms with Gasteiger partial charge in [0.1, 0.15) is 15.9 Å². The van der Waals surface area contributed by atoms with Crippen LogP contribution >= 0.6 is 46.4 Å². The molecule has 3 rings (SSSR count). The highest BCUT2D eigenvalue weighted by atomic mass is 35.5. The van der Waals surface area contributed by atoms with Gasteiger partial charge < -0.3 is 14.2 Å². The molecule has 4 nitrogen and oxygen atoms in total. The number of halogens is 4. The first kappa shape index (κ1) is 16.9. The summed E-state index contributed by atoms with van der Waals surface area (Å²) in [5.41, 5.74) is 0. The first-order valence-electron chi connectivity index (χ1n) is 6.62. The van der Waals surface area contributed by atoms with Gasteiger partial charge in [-0.05, 0) is 6.08 Å². The van der Waals surface area contributed by atoms with E-state index in [1.165, 1.54) is 21.1 Å². The molecule has 0 unspecified atom stereocenters. The summed E-state index contributed by atoms with van der Waals surface area (Å²) in [6.45, 7) is 1.33. The lowest BCUT2D eigenvalue weighted by molar-refractivity contribution is -0.221. The van der Waals surface area contributed by atoms with Crippen LogP contribution in [0.15, 0.2) is 22.2 Å². The number of hydrogen-bond acceptors (Lipinski definition) is 4. The van der Waals surface area contributed by atoms with Crippen molar-refractivity contribution in [3.8, 4) is 0 Å². The molecule has 0 heterocycles. The number of fused-ring (bicyclic) bond motifs is 5. The third kappa shape index (κ3) is 1.52. The summed E-state index contributed by atoms with van der Waals surface area (Å²) >= 11 is 26.5. The Morgan fingerprint density at radius 2 is 1.64 bits per heavy atom. The largest absolute Gasteiger partial charge is 0.458 e. The standard InChI is InChI=1S/C14H14Cl4O4/c1-6(19)22-8-5-4-7-9(8)13(18)11(16)10(15)12(7,17)14(13,20-2)21-3/h4-5,7-9H,1-3H3/t7-,8-,9-,12-,13+/m1/s1. The Kier molecular flexibility index (Phi) is 3.84. The van der Waals surface area contributed by atoms with Gasteiger partial charge in [-0.2, -0.15) is 0 Å². The van der Waals surface area contributed by atoms with Gasteiger partial charge in [-0.3, -0.25) is 4.79 Å². The third-order valence-electron chi connectivity index (χ3n) is 4.83. The molecule has 8 heteroatoms. The van der Waals surface area contributed by atoms with Crippen LogP contribution in [0.3, 0.4) is 0 Å². The molecule has 2 bridgehead atoms. The summed E-state index contributed by atoms with van der Waals surface area (Å²) in [7, 11) is 2.87. The van der Waals surface area contributed by atoms with Gasteiger partial charge in [0.2, 0.25) is 5.79 Å². The van der Waals surface area contributed by atoms with Crippen LogP contribution in [0, 0.1) is 11.8 Å². The predicted molar refractivity (Wildman–Crippen MR) is 84.3 cm³/mol. The number of methoxy groups -OCH3 is 2. The van der Waals surface area contributed by atoms with Crippen molar-refractivity contribution >= 4 is 52.4 Å². The predicted octanol–water partition coefficient (Wildman–Crippen LogP) is 3.38. The van der Waals surface area contributed by atoms with Crippen LogP contribution in [-0.2, 0) is 19.0 Å². The zero-order valence-corrected chi connectivity index (χ0v) is 15.1. The Labute approximate surface area is 148 Å². The summed E-state index contributed by atoms with van der Waals surface area (Å²) < 4.78 is 16.6. The summed E-state index contributed by atoms with van der Waals surface area (Å²) in [6, 6.07) is 0. The molecule has 3 aliphatic carbocycles. The summed E-state index contributed by atoms with van der Waals surface area (Å²) in [4.78, 5) is 8.72. The van der Waals surface area contributed by atoms with Crippen molar-refractivity contribution in [3.05, 3.63) is 22.2 Å². The van der Waals surface area contributed by atoms with Crippen molar-refractivity contribution in [2.75, 3.05) is 14.2 Å². The molecule has 122 valence electrons. The van der Waals surface area contributed by atoms with E-state index in [1.807, 2.05) is 6.08 Å². The van der Waals surface area contributed by atoms with E-state index in [-0.39, 0.29) is 16.0 Å². The quantitative estimate of drug-likeness (QED) is 0.322. The number of ether oxygens (including phenoxy) is 3. The molecule has 0 aromatic rings. The molecule has 0 N–H and O–H groups in total. The number of allylic oxidation sites excluding steroid dienone is 1. The maximum absolute atomic E-state index is 11.4. The minimum Gasteiger partial charge on any atom is -0.458 e. The molecule has 0 amide bonds. The van der Waals surface area contributed by atoms with Crippen LogP contribution in [-0.4, -0.2) is 41.8 Å². The lowest BCUT2D eigenvalue weighted by Gasteiger charge is -2.42. The van der Waals surface area contributed by atoms with E-state index in [0.29, 0.717) is 0 Å². The molecule has 5 atom stereocenters. The number of hydrogen-bond donors (Lipinski definition) is 0. The lowest BCUT2D eigenvalue weighted by atomic mass is 9.83. The van der Waals surface area contributed by atoms with E-state index in [4.69, 9.17) is 60.6 Å². The van der Waals surface area contributed by atoms with Gasteiger partial charge in [0.25, 0.3) is 0 Å². The molecular formula is C14H14Cl4O4. The molecule has 3 aliphatic rings. The highest BCUT2D eigenvalue weighted by molar-refractivity contribution is 6.52. The fraction of sp³-hybridized carbons (Fsp3) is 0.643. The van der Waals surface area contributed by atoms with Gasteiger partial charge in [0.15, 0.2) is 0 Å². The minimum absolute atomic E-state index is 0.164. The van der Waals surface area contributed by atoms with Crippen molar-refractivity contribution in [2.24, 2.45) is 11.8 Å². The lowest BCUT2D eigenvalue weighted by Crippen LogP contribution is -2.58. The average molecular weight is 388 g/mol. The van der Waals surface area contributed by atoms with Gasteiger partial charge in [-0.15, -0.1) is 23.2 Å². The molecule has 22 heavy (non-hydrogen) atoms. The van der Waals surface area contributed by atoms with Gasteiger partial charge in [-0.1, -0.05) is 29.3 Å². The molecule has 0 spiro atoms. The Morgan fingerprint density at radius 3 is 2.14 bits per heavy atom. The van der Waals surface area contributed by atoms with E-state index >= 15 is 0 Å².